The summed E-state index contributed by atoms with van der Waals surface area (Å²) >= 11 is 0. The van der Waals surface area contributed by atoms with Crippen LogP contribution in [0.4, 0.5) is 5.69 Å². The van der Waals surface area contributed by atoms with Crippen molar-refractivity contribution in [3.05, 3.63) is 29.3 Å². The van der Waals surface area contributed by atoms with Gasteiger partial charge in [-0.1, -0.05) is 12.5 Å². The number of carbonyl (C=O) groups excluding carboxylic acids is 2. The largest absolute Gasteiger partial charge is 0.348 e. The van der Waals surface area contributed by atoms with Gasteiger partial charge in [0.1, 0.15) is 0 Å². The van der Waals surface area contributed by atoms with Crippen molar-refractivity contribution in [3.63, 3.8) is 0 Å². The van der Waals surface area contributed by atoms with E-state index in [9.17, 15) is 9.59 Å². The standard InChI is InChI=1S/C16H20N2O2/c19-15(17-10-11-3-1-4-11)16(20)18-14-8-7-12-5-2-6-13(12)9-14/h7-9,11H,1-6,10H2,(H,17,19)(H,18,20). The topological polar surface area (TPSA) is 58.2 Å². The number of benzene rings is 1. The fraction of sp³-hybridized carbons (Fsp3) is 0.500. The van der Waals surface area contributed by atoms with E-state index in [4.69, 9.17) is 0 Å². The number of nitrogens with one attached hydrogen (secondary N) is 2. The van der Waals surface area contributed by atoms with E-state index in [2.05, 4.69) is 10.6 Å². The van der Waals surface area contributed by atoms with Crippen molar-refractivity contribution in [2.75, 3.05) is 11.9 Å². The minimum absolute atomic E-state index is 0.530. The van der Waals surface area contributed by atoms with Crippen LogP contribution in [0.25, 0.3) is 0 Å². The third-order valence-electron chi connectivity index (χ3n) is 4.34. The Morgan fingerprint density at radius 3 is 2.60 bits per heavy atom. The van der Waals surface area contributed by atoms with Gasteiger partial charge in [0.2, 0.25) is 0 Å². The molecule has 0 saturated heterocycles. The monoisotopic (exact) mass is 272 g/mol. The first-order valence-corrected chi connectivity index (χ1v) is 7.43. The summed E-state index contributed by atoms with van der Waals surface area (Å²) in [5.74, 6) is -0.536. The van der Waals surface area contributed by atoms with E-state index in [0.29, 0.717) is 12.5 Å². The molecule has 0 aliphatic heterocycles. The first-order chi connectivity index (χ1) is 9.72. The molecule has 2 aliphatic carbocycles. The molecule has 0 unspecified atom stereocenters. The summed E-state index contributed by atoms with van der Waals surface area (Å²) in [5, 5.41) is 5.39. The molecule has 1 aromatic rings. The Morgan fingerprint density at radius 1 is 1.05 bits per heavy atom. The van der Waals surface area contributed by atoms with Crippen LogP contribution in [0.5, 0.6) is 0 Å². The molecule has 1 fully saturated rings. The van der Waals surface area contributed by atoms with Crippen molar-refractivity contribution in [1.29, 1.82) is 0 Å². The van der Waals surface area contributed by atoms with Gasteiger partial charge in [-0.15, -0.1) is 0 Å². The molecule has 0 bridgehead atoms. The van der Waals surface area contributed by atoms with Gasteiger partial charge in [-0.25, -0.2) is 0 Å². The van der Waals surface area contributed by atoms with E-state index < -0.39 is 11.8 Å². The zero-order valence-electron chi connectivity index (χ0n) is 11.6. The molecule has 2 aliphatic rings. The maximum Gasteiger partial charge on any atom is 0.313 e. The van der Waals surface area contributed by atoms with Crippen molar-refractivity contribution < 1.29 is 9.59 Å². The maximum atomic E-state index is 11.8. The molecule has 1 aromatic carbocycles. The molecule has 0 radical (unpaired) electrons. The van der Waals surface area contributed by atoms with Crippen molar-refractivity contribution in [2.45, 2.75) is 38.5 Å². The Kier molecular flexibility index (Phi) is 3.72. The highest BCUT2D eigenvalue weighted by atomic mass is 16.2. The van der Waals surface area contributed by atoms with E-state index in [1.165, 1.54) is 24.0 Å². The fourth-order valence-electron chi connectivity index (χ4n) is 2.85. The Morgan fingerprint density at radius 2 is 1.85 bits per heavy atom. The molecule has 106 valence electrons. The number of rotatable bonds is 3. The summed E-state index contributed by atoms with van der Waals surface area (Å²) in [5.41, 5.74) is 3.37. The first kappa shape index (κ1) is 13.2. The number of amides is 2. The van der Waals surface area contributed by atoms with Crippen LogP contribution in [-0.4, -0.2) is 18.4 Å². The second-order valence-corrected chi connectivity index (χ2v) is 5.80. The molecule has 3 rings (SSSR count). The van der Waals surface area contributed by atoms with Gasteiger partial charge < -0.3 is 10.6 Å². The van der Waals surface area contributed by atoms with Crippen molar-refractivity contribution in [3.8, 4) is 0 Å². The summed E-state index contributed by atoms with van der Waals surface area (Å²) in [4.78, 5) is 23.5. The highest BCUT2D eigenvalue weighted by Gasteiger charge is 2.20. The molecule has 2 N–H and O–H groups in total. The predicted molar refractivity (Wildman–Crippen MR) is 77.4 cm³/mol. The molecular weight excluding hydrogens is 252 g/mol. The summed E-state index contributed by atoms with van der Waals surface area (Å²) in [6.07, 6.45) is 6.91. The zero-order chi connectivity index (χ0) is 13.9. The van der Waals surface area contributed by atoms with Gasteiger partial charge >= 0.3 is 11.8 Å². The summed E-state index contributed by atoms with van der Waals surface area (Å²) in [6.45, 7) is 0.621. The number of aryl methyl sites for hydroxylation is 2. The number of carbonyl (C=O) groups is 2. The lowest BCUT2D eigenvalue weighted by Gasteiger charge is -2.25. The number of anilines is 1. The highest BCUT2D eigenvalue weighted by Crippen LogP contribution is 2.25. The van der Waals surface area contributed by atoms with Crippen molar-refractivity contribution in [2.24, 2.45) is 5.92 Å². The second kappa shape index (κ2) is 5.65. The Labute approximate surface area is 118 Å². The smallest absolute Gasteiger partial charge is 0.313 e. The highest BCUT2D eigenvalue weighted by molar-refractivity contribution is 6.39. The fourth-order valence-corrected chi connectivity index (χ4v) is 2.85. The molecular formula is C16H20N2O2. The SMILES string of the molecule is O=C(NCC1CCC1)C(=O)Nc1ccc2c(c1)CCC2. The van der Waals surface area contributed by atoms with Crippen LogP contribution >= 0.6 is 0 Å². The second-order valence-electron chi connectivity index (χ2n) is 5.80. The predicted octanol–water partition coefficient (Wildman–Crippen LogP) is 2.03. The van der Waals surface area contributed by atoms with Crippen LogP contribution in [0.2, 0.25) is 0 Å². The van der Waals surface area contributed by atoms with Crippen LogP contribution in [-0.2, 0) is 22.4 Å². The van der Waals surface area contributed by atoms with Crippen LogP contribution < -0.4 is 10.6 Å². The first-order valence-electron chi connectivity index (χ1n) is 7.43. The van der Waals surface area contributed by atoms with Crippen LogP contribution in [0.1, 0.15) is 36.8 Å². The molecule has 4 nitrogen and oxygen atoms in total. The van der Waals surface area contributed by atoms with Gasteiger partial charge in [-0.2, -0.15) is 0 Å². The maximum absolute atomic E-state index is 11.8. The van der Waals surface area contributed by atoms with Gasteiger partial charge in [0.05, 0.1) is 0 Å². The minimum Gasteiger partial charge on any atom is -0.348 e. The number of hydrogen-bond donors (Lipinski definition) is 2. The quantitative estimate of drug-likeness (QED) is 0.827. The number of fused-ring (bicyclic) bond motifs is 1. The van der Waals surface area contributed by atoms with Gasteiger partial charge in [0, 0.05) is 12.2 Å². The number of hydrogen-bond acceptors (Lipinski definition) is 2. The van der Waals surface area contributed by atoms with Gasteiger partial charge in [-0.3, -0.25) is 9.59 Å². The Hall–Kier alpha value is -1.84. The molecule has 1 saturated carbocycles. The summed E-state index contributed by atoms with van der Waals surface area (Å²) < 4.78 is 0. The van der Waals surface area contributed by atoms with Crippen molar-refractivity contribution >= 4 is 17.5 Å². The summed E-state index contributed by atoms with van der Waals surface area (Å²) in [7, 11) is 0. The molecule has 0 heterocycles. The van der Waals surface area contributed by atoms with Gasteiger partial charge in [0.15, 0.2) is 0 Å². The third kappa shape index (κ3) is 2.84. The third-order valence-corrected chi connectivity index (χ3v) is 4.34. The zero-order valence-corrected chi connectivity index (χ0v) is 11.6. The lowest BCUT2D eigenvalue weighted by molar-refractivity contribution is -0.136. The lowest BCUT2D eigenvalue weighted by Crippen LogP contribution is -2.39. The lowest BCUT2D eigenvalue weighted by atomic mass is 9.85. The van der Waals surface area contributed by atoms with Crippen molar-refractivity contribution in [1.82, 2.24) is 5.32 Å². The van der Waals surface area contributed by atoms with E-state index >= 15 is 0 Å². The van der Waals surface area contributed by atoms with E-state index in [-0.39, 0.29) is 0 Å². The molecule has 20 heavy (non-hydrogen) atoms. The average molecular weight is 272 g/mol. The van der Waals surface area contributed by atoms with Gasteiger partial charge in [-0.05, 0) is 61.3 Å². The molecule has 0 atom stereocenters. The average Bonchev–Trinajstić information content (AvgIpc) is 2.84. The van der Waals surface area contributed by atoms with Crippen LogP contribution in [0, 0.1) is 5.92 Å². The molecule has 0 spiro atoms. The Balaban J connectivity index is 1.53. The van der Waals surface area contributed by atoms with E-state index in [1.807, 2.05) is 18.2 Å². The minimum atomic E-state index is -0.567. The molecule has 2 amide bonds. The van der Waals surface area contributed by atoms with Crippen LogP contribution in [0.15, 0.2) is 18.2 Å². The summed E-state index contributed by atoms with van der Waals surface area (Å²) in [6, 6.07) is 5.91. The molecule has 0 aromatic heterocycles. The normalized spacial score (nSPS) is 17.2. The Bertz CT molecular complexity index is 535. The van der Waals surface area contributed by atoms with E-state index in [0.717, 1.165) is 31.4 Å². The van der Waals surface area contributed by atoms with E-state index in [1.54, 1.807) is 0 Å². The van der Waals surface area contributed by atoms with Crippen LogP contribution in [0.3, 0.4) is 0 Å². The molecule has 4 heteroatoms. The van der Waals surface area contributed by atoms with Gasteiger partial charge in [0.25, 0.3) is 0 Å².